The van der Waals surface area contributed by atoms with Crippen LogP contribution in [-0.4, -0.2) is 10.9 Å². The highest BCUT2D eigenvalue weighted by atomic mass is 32.1. The quantitative estimate of drug-likeness (QED) is 0.708. The summed E-state index contributed by atoms with van der Waals surface area (Å²) in [6.45, 7) is 3.57. The first-order chi connectivity index (χ1) is 9.52. The molecule has 3 aromatic rings. The highest BCUT2D eigenvalue weighted by molar-refractivity contribution is 7.22. The number of carbonyl (C=O) groups excluding carboxylic acids is 1. The molecule has 1 amide bonds. The van der Waals surface area contributed by atoms with Gasteiger partial charge in [-0.05, 0) is 38.1 Å². The summed E-state index contributed by atoms with van der Waals surface area (Å²) < 4.78 is 6.30. The van der Waals surface area contributed by atoms with Crippen LogP contribution in [0.4, 0.5) is 10.8 Å². The Morgan fingerprint density at radius 1 is 1.35 bits per heavy atom. The second-order valence-electron chi connectivity index (χ2n) is 4.53. The number of amides is 1. The molecule has 0 saturated carbocycles. The number of aromatic nitrogens is 1. The first-order valence-corrected chi connectivity index (χ1v) is 6.89. The Morgan fingerprint density at radius 2 is 2.15 bits per heavy atom. The molecule has 102 valence electrons. The van der Waals surface area contributed by atoms with E-state index in [1.54, 1.807) is 19.1 Å². The number of nitrogens with zero attached hydrogens (tertiary/aromatic N) is 1. The van der Waals surface area contributed by atoms with Crippen molar-refractivity contribution >= 4 is 38.3 Å². The third-order valence-corrected chi connectivity index (χ3v) is 3.85. The van der Waals surface area contributed by atoms with Crippen LogP contribution in [0.5, 0.6) is 0 Å². The van der Waals surface area contributed by atoms with Crippen LogP contribution in [0, 0.1) is 13.8 Å². The minimum atomic E-state index is -0.216. The molecule has 0 fully saturated rings. The Morgan fingerprint density at radius 3 is 2.85 bits per heavy atom. The Labute approximate surface area is 119 Å². The predicted octanol–water partition coefficient (Wildman–Crippen LogP) is 3.34. The Bertz CT molecular complexity index is 804. The molecule has 1 aromatic carbocycles. The lowest BCUT2D eigenvalue weighted by molar-refractivity contribution is 0.102. The van der Waals surface area contributed by atoms with E-state index in [1.807, 2.05) is 19.1 Å². The monoisotopic (exact) mass is 287 g/mol. The van der Waals surface area contributed by atoms with E-state index in [2.05, 4.69) is 10.3 Å². The lowest BCUT2D eigenvalue weighted by atomic mass is 10.2. The zero-order chi connectivity index (χ0) is 14.3. The van der Waals surface area contributed by atoms with Gasteiger partial charge >= 0.3 is 0 Å². The maximum absolute atomic E-state index is 12.2. The van der Waals surface area contributed by atoms with E-state index in [4.69, 9.17) is 10.2 Å². The Balaban J connectivity index is 1.89. The van der Waals surface area contributed by atoms with Crippen molar-refractivity contribution in [3.05, 3.63) is 41.3 Å². The first kappa shape index (κ1) is 12.7. The second kappa shape index (κ2) is 4.64. The third kappa shape index (κ3) is 2.25. The number of furan rings is 1. The van der Waals surface area contributed by atoms with E-state index >= 15 is 0 Å². The van der Waals surface area contributed by atoms with E-state index in [9.17, 15) is 4.79 Å². The van der Waals surface area contributed by atoms with Crippen molar-refractivity contribution in [3.8, 4) is 0 Å². The second-order valence-corrected chi connectivity index (χ2v) is 5.56. The van der Waals surface area contributed by atoms with Crippen molar-refractivity contribution in [3.63, 3.8) is 0 Å². The number of nitrogen functional groups attached to an aromatic ring is 1. The molecule has 0 atom stereocenters. The van der Waals surface area contributed by atoms with Crippen molar-refractivity contribution in [1.82, 2.24) is 4.98 Å². The number of hydrogen-bond donors (Lipinski definition) is 2. The molecule has 2 heterocycles. The lowest BCUT2D eigenvalue weighted by Gasteiger charge is -1.98. The number of fused-ring (bicyclic) bond motifs is 1. The number of benzene rings is 1. The summed E-state index contributed by atoms with van der Waals surface area (Å²) in [5.74, 6) is 1.10. The largest absolute Gasteiger partial charge is 0.466 e. The summed E-state index contributed by atoms with van der Waals surface area (Å²) in [5.41, 5.74) is 7.76. The van der Waals surface area contributed by atoms with Gasteiger partial charge in [0.05, 0.1) is 15.8 Å². The van der Waals surface area contributed by atoms with Gasteiger partial charge in [0.2, 0.25) is 0 Å². The molecular formula is C14H13N3O2S. The predicted molar refractivity (Wildman–Crippen MR) is 80.2 cm³/mol. The molecule has 0 aliphatic heterocycles. The van der Waals surface area contributed by atoms with Gasteiger partial charge in [0, 0.05) is 5.69 Å². The van der Waals surface area contributed by atoms with Gasteiger partial charge in [0.25, 0.3) is 5.91 Å². The van der Waals surface area contributed by atoms with Crippen molar-refractivity contribution in [2.24, 2.45) is 0 Å². The number of aryl methyl sites for hydroxylation is 2. The van der Waals surface area contributed by atoms with Crippen LogP contribution >= 0.6 is 11.3 Å². The molecule has 0 saturated heterocycles. The van der Waals surface area contributed by atoms with Crippen molar-refractivity contribution < 1.29 is 9.21 Å². The van der Waals surface area contributed by atoms with E-state index in [1.165, 1.54) is 11.3 Å². The molecule has 3 rings (SSSR count). The lowest BCUT2D eigenvalue weighted by Crippen LogP contribution is -2.11. The fraction of sp³-hybridized carbons (Fsp3) is 0.143. The number of hydrogen-bond acceptors (Lipinski definition) is 5. The minimum Gasteiger partial charge on any atom is -0.466 e. The van der Waals surface area contributed by atoms with Gasteiger partial charge in [0.15, 0.2) is 5.13 Å². The van der Waals surface area contributed by atoms with E-state index < -0.39 is 0 Å². The van der Waals surface area contributed by atoms with E-state index in [0.29, 0.717) is 27.9 Å². The highest BCUT2D eigenvalue weighted by Gasteiger charge is 2.15. The zero-order valence-electron chi connectivity index (χ0n) is 11.1. The number of nitrogens with one attached hydrogen (secondary N) is 1. The van der Waals surface area contributed by atoms with Gasteiger partial charge in [0.1, 0.15) is 11.5 Å². The van der Waals surface area contributed by atoms with E-state index in [-0.39, 0.29) is 5.91 Å². The van der Waals surface area contributed by atoms with Crippen LogP contribution in [0.2, 0.25) is 0 Å². The fourth-order valence-electron chi connectivity index (χ4n) is 2.02. The molecule has 5 nitrogen and oxygen atoms in total. The minimum absolute atomic E-state index is 0.216. The molecule has 20 heavy (non-hydrogen) atoms. The number of anilines is 2. The van der Waals surface area contributed by atoms with Crippen LogP contribution in [0.25, 0.3) is 10.2 Å². The molecule has 0 aliphatic rings. The number of thiazole rings is 1. The van der Waals surface area contributed by atoms with Crippen LogP contribution in [0.3, 0.4) is 0 Å². The van der Waals surface area contributed by atoms with Crippen LogP contribution < -0.4 is 11.1 Å². The van der Waals surface area contributed by atoms with Crippen LogP contribution in [0.15, 0.2) is 28.7 Å². The summed E-state index contributed by atoms with van der Waals surface area (Å²) in [4.78, 5) is 16.5. The summed E-state index contributed by atoms with van der Waals surface area (Å²) in [6.07, 6.45) is 0. The fourth-order valence-corrected chi connectivity index (χ4v) is 2.92. The average molecular weight is 287 g/mol. The smallest absolute Gasteiger partial charge is 0.260 e. The Hall–Kier alpha value is -2.34. The average Bonchev–Trinajstić information content (AvgIpc) is 2.91. The SMILES string of the molecule is Cc1cc(C(=O)Nc2nc3ccc(N)cc3s2)c(C)o1. The Kier molecular flexibility index (Phi) is 2.94. The highest BCUT2D eigenvalue weighted by Crippen LogP contribution is 2.28. The normalized spacial score (nSPS) is 10.9. The zero-order valence-corrected chi connectivity index (χ0v) is 11.9. The third-order valence-electron chi connectivity index (χ3n) is 2.92. The molecule has 3 N–H and O–H groups in total. The number of rotatable bonds is 2. The number of nitrogens with two attached hydrogens (primary N) is 1. The molecule has 0 bridgehead atoms. The van der Waals surface area contributed by atoms with Crippen molar-refractivity contribution in [2.75, 3.05) is 11.1 Å². The molecular weight excluding hydrogens is 274 g/mol. The molecule has 0 radical (unpaired) electrons. The molecule has 2 aromatic heterocycles. The van der Waals surface area contributed by atoms with Crippen molar-refractivity contribution in [1.29, 1.82) is 0 Å². The van der Waals surface area contributed by atoms with Gasteiger partial charge in [-0.25, -0.2) is 4.98 Å². The van der Waals surface area contributed by atoms with Gasteiger partial charge < -0.3 is 10.2 Å². The first-order valence-electron chi connectivity index (χ1n) is 6.07. The molecule has 0 aliphatic carbocycles. The summed E-state index contributed by atoms with van der Waals surface area (Å²) in [5, 5.41) is 3.34. The van der Waals surface area contributed by atoms with Gasteiger partial charge in [-0.15, -0.1) is 0 Å². The van der Waals surface area contributed by atoms with E-state index in [0.717, 1.165) is 10.2 Å². The summed E-state index contributed by atoms with van der Waals surface area (Å²) in [7, 11) is 0. The molecule has 0 spiro atoms. The van der Waals surface area contributed by atoms with Gasteiger partial charge in [-0.2, -0.15) is 0 Å². The molecule has 6 heteroatoms. The van der Waals surface area contributed by atoms with Gasteiger partial charge in [-0.1, -0.05) is 11.3 Å². The maximum atomic E-state index is 12.2. The summed E-state index contributed by atoms with van der Waals surface area (Å²) in [6, 6.07) is 7.19. The number of carbonyl (C=O) groups is 1. The topological polar surface area (TPSA) is 81.2 Å². The van der Waals surface area contributed by atoms with Crippen LogP contribution in [0.1, 0.15) is 21.9 Å². The summed E-state index contributed by atoms with van der Waals surface area (Å²) >= 11 is 1.39. The van der Waals surface area contributed by atoms with Gasteiger partial charge in [-0.3, -0.25) is 10.1 Å². The van der Waals surface area contributed by atoms with Crippen LogP contribution in [-0.2, 0) is 0 Å². The van der Waals surface area contributed by atoms with Crippen molar-refractivity contribution in [2.45, 2.75) is 13.8 Å². The maximum Gasteiger partial charge on any atom is 0.260 e. The molecule has 0 unspecified atom stereocenters. The standard InChI is InChI=1S/C14H13N3O2S/c1-7-5-10(8(2)19-7)13(18)17-14-16-11-4-3-9(15)6-12(11)20-14/h3-6H,15H2,1-2H3,(H,16,17,18).